The van der Waals surface area contributed by atoms with E-state index in [-0.39, 0.29) is 0 Å². The van der Waals surface area contributed by atoms with Crippen LogP contribution in [0.3, 0.4) is 0 Å². The molecule has 0 atom stereocenters. The van der Waals surface area contributed by atoms with E-state index in [1.54, 1.807) is 18.0 Å². The molecule has 1 aromatic carbocycles. The number of hydrogen-bond donors (Lipinski definition) is 1. The number of aryl methyl sites for hydroxylation is 1. The van der Waals surface area contributed by atoms with E-state index >= 15 is 0 Å². The van der Waals surface area contributed by atoms with Crippen LogP contribution in [0, 0.1) is 0 Å². The zero-order valence-electron chi connectivity index (χ0n) is 9.79. The number of aliphatic imine (C=N–C) groups is 1. The summed E-state index contributed by atoms with van der Waals surface area (Å²) in [6.45, 7) is 0. The lowest BCUT2D eigenvalue weighted by molar-refractivity contribution is 0.912. The predicted octanol–water partition coefficient (Wildman–Crippen LogP) is 2.88. The lowest BCUT2D eigenvalue weighted by Crippen LogP contribution is -2.07. The molecule has 17 heavy (non-hydrogen) atoms. The highest BCUT2D eigenvalue weighted by atomic mass is 32.2. The van der Waals surface area contributed by atoms with E-state index in [1.165, 1.54) is 0 Å². The van der Waals surface area contributed by atoms with E-state index in [4.69, 9.17) is 0 Å². The monoisotopic (exact) mass is 246 g/mol. The summed E-state index contributed by atoms with van der Waals surface area (Å²) in [6, 6.07) is 9.97. The molecule has 0 amide bonds. The Morgan fingerprint density at radius 2 is 2.12 bits per heavy atom. The minimum atomic E-state index is 0.692. The molecule has 0 radical (unpaired) electrons. The number of nitrogens with one attached hydrogen (secondary N) is 1. The van der Waals surface area contributed by atoms with E-state index in [1.807, 2.05) is 54.4 Å². The first-order chi connectivity index (χ1) is 8.29. The maximum absolute atomic E-state index is 4.45. The Labute approximate surface area is 105 Å². The fourth-order valence-corrected chi connectivity index (χ4v) is 1.72. The summed E-state index contributed by atoms with van der Waals surface area (Å²) in [7, 11) is 1.92. The molecule has 0 aliphatic rings. The SMILES string of the molecule is CSC(=Nc1nccn1C)Nc1ccccc1. The molecule has 0 aliphatic heterocycles. The highest BCUT2D eigenvalue weighted by Gasteiger charge is 2.01. The number of thioether (sulfide) groups is 1. The Kier molecular flexibility index (Phi) is 3.82. The number of rotatable bonds is 2. The van der Waals surface area contributed by atoms with Crippen molar-refractivity contribution >= 4 is 28.6 Å². The number of aromatic nitrogens is 2. The molecular formula is C12H14N4S. The molecule has 1 heterocycles. The smallest absolute Gasteiger partial charge is 0.231 e. The third-order valence-corrected chi connectivity index (χ3v) is 2.80. The zero-order valence-corrected chi connectivity index (χ0v) is 10.6. The van der Waals surface area contributed by atoms with Crippen LogP contribution in [0.25, 0.3) is 0 Å². The van der Waals surface area contributed by atoms with Crippen molar-refractivity contribution in [3.63, 3.8) is 0 Å². The van der Waals surface area contributed by atoms with Crippen LogP contribution in [-0.4, -0.2) is 21.0 Å². The lowest BCUT2D eigenvalue weighted by atomic mass is 10.3. The van der Waals surface area contributed by atoms with Gasteiger partial charge in [-0.05, 0) is 18.4 Å². The second-order valence-electron chi connectivity index (χ2n) is 3.45. The molecule has 0 saturated carbocycles. The molecular weight excluding hydrogens is 232 g/mol. The Morgan fingerprint density at radius 3 is 2.71 bits per heavy atom. The van der Waals surface area contributed by atoms with Crippen molar-refractivity contribution in [1.29, 1.82) is 0 Å². The number of amidine groups is 1. The minimum absolute atomic E-state index is 0.692. The highest BCUT2D eigenvalue weighted by molar-refractivity contribution is 8.13. The first kappa shape index (κ1) is 11.7. The van der Waals surface area contributed by atoms with E-state index in [0.717, 1.165) is 10.9 Å². The zero-order chi connectivity index (χ0) is 12.1. The van der Waals surface area contributed by atoms with Crippen LogP contribution in [0.15, 0.2) is 47.7 Å². The van der Waals surface area contributed by atoms with Crippen molar-refractivity contribution in [2.75, 3.05) is 11.6 Å². The Hall–Kier alpha value is -1.75. The summed E-state index contributed by atoms with van der Waals surface area (Å²) in [4.78, 5) is 8.62. The van der Waals surface area contributed by atoms with Crippen LogP contribution in [0.5, 0.6) is 0 Å². The molecule has 2 aromatic rings. The standard InChI is InChI=1S/C12H14N4S/c1-16-9-8-13-11(16)15-12(17-2)14-10-6-4-3-5-7-10/h3-9H,1-2H3,(H,13,14,15). The molecule has 0 fully saturated rings. The minimum Gasteiger partial charge on any atom is -0.335 e. The fraction of sp³-hybridized carbons (Fsp3) is 0.167. The third kappa shape index (κ3) is 3.10. The van der Waals surface area contributed by atoms with Gasteiger partial charge in [0.1, 0.15) is 0 Å². The van der Waals surface area contributed by atoms with Gasteiger partial charge in [0.15, 0.2) is 5.17 Å². The molecule has 0 bridgehead atoms. The quantitative estimate of drug-likeness (QED) is 0.654. The van der Waals surface area contributed by atoms with Crippen LogP contribution < -0.4 is 5.32 Å². The first-order valence-corrected chi connectivity index (χ1v) is 6.44. The number of benzene rings is 1. The Morgan fingerprint density at radius 1 is 1.35 bits per heavy atom. The van der Waals surface area contributed by atoms with Gasteiger partial charge >= 0.3 is 0 Å². The van der Waals surface area contributed by atoms with Crippen LogP contribution in [-0.2, 0) is 7.05 Å². The highest BCUT2D eigenvalue weighted by Crippen LogP contribution is 2.13. The van der Waals surface area contributed by atoms with Crippen LogP contribution in [0.2, 0.25) is 0 Å². The van der Waals surface area contributed by atoms with Crippen molar-refractivity contribution in [2.45, 2.75) is 0 Å². The topological polar surface area (TPSA) is 42.2 Å². The van der Waals surface area contributed by atoms with Gasteiger partial charge in [-0.15, -0.1) is 0 Å². The Bertz CT molecular complexity index is 504. The summed E-state index contributed by atoms with van der Waals surface area (Å²) in [5, 5.41) is 4.08. The summed E-state index contributed by atoms with van der Waals surface area (Å²) in [5.41, 5.74) is 1.02. The molecule has 2 rings (SSSR count). The summed E-state index contributed by atoms with van der Waals surface area (Å²) in [6.07, 6.45) is 5.59. The summed E-state index contributed by atoms with van der Waals surface area (Å²) >= 11 is 1.56. The van der Waals surface area contributed by atoms with Gasteiger partial charge in [-0.2, -0.15) is 4.99 Å². The normalized spacial score (nSPS) is 11.5. The van der Waals surface area contributed by atoms with Gasteiger partial charge < -0.3 is 9.88 Å². The third-order valence-electron chi connectivity index (χ3n) is 2.22. The van der Waals surface area contributed by atoms with Crippen LogP contribution in [0.1, 0.15) is 0 Å². The van der Waals surface area contributed by atoms with Gasteiger partial charge in [-0.1, -0.05) is 30.0 Å². The van der Waals surface area contributed by atoms with Gasteiger partial charge in [-0.25, -0.2) is 4.98 Å². The van der Waals surface area contributed by atoms with Crippen LogP contribution >= 0.6 is 11.8 Å². The van der Waals surface area contributed by atoms with Gasteiger partial charge in [0.25, 0.3) is 0 Å². The first-order valence-electron chi connectivity index (χ1n) is 5.21. The van der Waals surface area contributed by atoms with Gasteiger partial charge in [-0.3, -0.25) is 0 Å². The molecule has 1 aromatic heterocycles. The maximum atomic E-state index is 4.45. The molecule has 88 valence electrons. The van der Waals surface area contributed by atoms with Crippen molar-refractivity contribution in [3.05, 3.63) is 42.7 Å². The van der Waals surface area contributed by atoms with Crippen molar-refractivity contribution in [3.8, 4) is 0 Å². The molecule has 0 spiro atoms. The molecule has 4 nitrogen and oxygen atoms in total. The number of imidazole rings is 1. The molecule has 0 saturated heterocycles. The van der Waals surface area contributed by atoms with E-state index in [2.05, 4.69) is 15.3 Å². The second kappa shape index (κ2) is 5.54. The molecule has 1 N–H and O–H groups in total. The number of anilines is 1. The predicted molar refractivity (Wildman–Crippen MR) is 73.9 cm³/mol. The van der Waals surface area contributed by atoms with Gasteiger partial charge in [0.2, 0.25) is 5.95 Å². The molecule has 5 heteroatoms. The number of hydrogen-bond acceptors (Lipinski definition) is 3. The van der Waals surface area contributed by atoms with E-state index in [9.17, 15) is 0 Å². The molecule has 0 unspecified atom stereocenters. The van der Waals surface area contributed by atoms with Gasteiger partial charge in [0, 0.05) is 25.1 Å². The van der Waals surface area contributed by atoms with E-state index in [0.29, 0.717) is 5.95 Å². The lowest BCUT2D eigenvalue weighted by Gasteiger charge is -2.06. The average Bonchev–Trinajstić information content (AvgIpc) is 2.75. The van der Waals surface area contributed by atoms with Crippen LogP contribution in [0.4, 0.5) is 11.6 Å². The largest absolute Gasteiger partial charge is 0.335 e. The van der Waals surface area contributed by atoms with Gasteiger partial charge in [0.05, 0.1) is 0 Å². The van der Waals surface area contributed by atoms with Crippen molar-refractivity contribution < 1.29 is 0 Å². The van der Waals surface area contributed by atoms with E-state index < -0.39 is 0 Å². The fourth-order valence-electron chi connectivity index (χ4n) is 1.33. The van der Waals surface area contributed by atoms with Crippen molar-refractivity contribution in [2.24, 2.45) is 12.0 Å². The Balaban J connectivity index is 2.17. The molecule has 0 aliphatic carbocycles. The summed E-state index contributed by atoms with van der Waals surface area (Å²) < 4.78 is 1.88. The average molecular weight is 246 g/mol. The summed E-state index contributed by atoms with van der Waals surface area (Å²) in [5.74, 6) is 0.692. The maximum Gasteiger partial charge on any atom is 0.231 e. The number of para-hydroxylation sites is 1. The number of nitrogens with zero attached hydrogens (tertiary/aromatic N) is 3. The second-order valence-corrected chi connectivity index (χ2v) is 4.25. The van der Waals surface area contributed by atoms with Crippen molar-refractivity contribution in [1.82, 2.24) is 9.55 Å².